The van der Waals surface area contributed by atoms with Crippen molar-refractivity contribution in [2.45, 2.75) is 13.0 Å². The van der Waals surface area contributed by atoms with Gasteiger partial charge in [-0.25, -0.2) is 4.79 Å². The zero-order valence-electron chi connectivity index (χ0n) is 16.7. The molecule has 1 aliphatic heterocycles. The highest BCUT2D eigenvalue weighted by Crippen LogP contribution is 2.36. The number of halogens is 1. The van der Waals surface area contributed by atoms with Gasteiger partial charge in [0.1, 0.15) is 11.5 Å². The Labute approximate surface area is 188 Å². The number of benzene rings is 3. The first-order chi connectivity index (χ1) is 15.1. The Kier molecular flexibility index (Phi) is 6.18. The molecule has 1 heterocycles. The van der Waals surface area contributed by atoms with Crippen molar-refractivity contribution in [1.29, 1.82) is 0 Å². The number of ether oxygens (including phenoxy) is 3. The fourth-order valence-corrected chi connectivity index (χ4v) is 3.61. The van der Waals surface area contributed by atoms with E-state index < -0.39 is 12.1 Å². The summed E-state index contributed by atoms with van der Waals surface area (Å²) >= 11 is 3.47. The largest absolute Gasteiger partial charge is 0.474 e. The molecule has 31 heavy (non-hydrogen) atoms. The average Bonchev–Trinajstić information content (AvgIpc) is 3.09. The van der Waals surface area contributed by atoms with Crippen molar-refractivity contribution in [1.82, 2.24) is 0 Å². The quantitative estimate of drug-likeness (QED) is 0.333. The van der Waals surface area contributed by atoms with Crippen LogP contribution in [0.2, 0.25) is 0 Å². The number of Topliss-reactive ketones (excluding diaryl/α,β-unsaturated/α-hetero) is 1. The van der Waals surface area contributed by atoms with Gasteiger partial charge in [0.05, 0.1) is 12.2 Å². The molecule has 0 aromatic heterocycles. The second-order valence-electron chi connectivity index (χ2n) is 6.78. The smallest absolute Gasteiger partial charge is 0.352 e. The van der Waals surface area contributed by atoms with Crippen LogP contribution < -0.4 is 9.47 Å². The van der Waals surface area contributed by atoms with E-state index in [0.717, 1.165) is 10.0 Å². The van der Waals surface area contributed by atoms with Crippen molar-refractivity contribution in [3.63, 3.8) is 0 Å². The van der Waals surface area contributed by atoms with Crippen LogP contribution in [0.15, 0.2) is 83.0 Å². The van der Waals surface area contributed by atoms with Crippen molar-refractivity contribution in [2.75, 3.05) is 6.61 Å². The fourth-order valence-electron chi connectivity index (χ4n) is 3.21. The summed E-state index contributed by atoms with van der Waals surface area (Å²) in [5.74, 6) is 0.319. The van der Waals surface area contributed by atoms with Gasteiger partial charge in [0, 0.05) is 16.1 Å². The number of hydrogen-bond donors (Lipinski definition) is 0. The monoisotopic (exact) mass is 478 g/mol. The lowest BCUT2D eigenvalue weighted by Gasteiger charge is -2.18. The average molecular weight is 479 g/mol. The second-order valence-corrected chi connectivity index (χ2v) is 7.63. The van der Waals surface area contributed by atoms with Crippen LogP contribution in [-0.4, -0.2) is 18.4 Å². The first-order valence-corrected chi connectivity index (χ1v) is 10.6. The van der Waals surface area contributed by atoms with Crippen molar-refractivity contribution < 1.29 is 23.8 Å². The molecular weight excluding hydrogens is 460 g/mol. The molecule has 3 aromatic carbocycles. The van der Waals surface area contributed by atoms with Gasteiger partial charge in [-0.15, -0.1) is 0 Å². The van der Waals surface area contributed by atoms with E-state index >= 15 is 0 Å². The fraction of sp³-hybridized carbons (Fsp3) is 0.120. The van der Waals surface area contributed by atoms with Crippen molar-refractivity contribution in [2.24, 2.45) is 0 Å². The van der Waals surface area contributed by atoms with E-state index in [0.29, 0.717) is 22.6 Å². The van der Waals surface area contributed by atoms with Gasteiger partial charge < -0.3 is 14.2 Å². The molecule has 0 saturated carbocycles. The molecule has 0 bridgehead atoms. The van der Waals surface area contributed by atoms with Gasteiger partial charge in [0.2, 0.25) is 11.9 Å². The minimum Gasteiger partial charge on any atom is -0.474 e. The maximum absolute atomic E-state index is 12.7. The lowest BCUT2D eigenvalue weighted by molar-refractivity contribution is -0.151. The molecule has 5 nitrogen and oxygen atoms in total. The van der Waals surface area contributed by atoms with E-state index in [1.807, 2.05) is 42.5 Å². The summed E-state index contributed by atoms with van der Waals surface area (Å²) in [5, 5.41) is 0. The lowest BCUT2D eigenvalue weighted by Crippen LogP contribution is -2.21. The molecule has 1 atom stereocenters. The first kappa shape index (κ1) is 20.9. The number of esters is 1. The summed E-state index contributed by atoms with van der Waals surface area (Å²) in [7, 11) is 0. The normalized spacial score (nSPS) is 14.6. The number of fused-ring (bicyclic) bond motifs is 1. The highest BCUT2D eigenvalue weighted by Gasteiger charge is 2.29. The highest BCUT2D eigenvalue weighted by atomic mass is 79.9. The number of rotatable bonds is 6. The maximum atomic E-state index is 12.7. The Morgan fingerprint density at radius 3 is 2.55 bits per heavy atom. The molecule has 0 N–H and O–H groups in total. The van der Waals surface area contributed by atoms with Crippen molar-refractivity contribution >= 4 is 33.8 Å². The summed E-state index contributed by atoms with van der Waals surface area (Å²) in [5.41, 5.74) is 1.95. The standard InChI is InChI=1S/C25H19BrO5/c1-2-29-25(28)24(16-8-4-3-5-9-16)30-18-12-13-19-21(15-18)31-22(23(19)27)14-17-10-6-7-11-20(17)26/h3-15,24H,2H2,1H3/b22-14-. The summed E-state index contributed by atoms with van der Waals surface area (Å²) in [6.07, 6.45) is 0.768. The number of carbonyl (C=O) groups excluding carboxylic acids is 2. The predicted octanol–water partition coefficient (Wildman–Crippen LogP) is 5.75. The third-order valence-corrected chi connectivity index (χ3v) is 5.41. The van der Waals surface area contributed by atoms with Crippen LogP contribution >= 0.6 is 15.9 Å². The van der Waals surface area contributed by atoms with Gasteiger partial charge in [-0.05, 0) is 36.8 Å². The van der Waals surface area contributed by atoms with Crippen molar-refractivity contribution in [3.8, 4) is 11.5 Å². The van der Waals surface area contributed by atoms with Gasteiger partial charge in [-0.1, -0.05) is 64.5 Å². The van der Waals surface area contributed by atoms with E-state index in [-0.39, 0.29) is 18.1 Å². The molecule has 0 radical (unpaired) electrons. The summed E-state index contributed by atoms with van der Waals surface area (Å²) in [4.78, 5) is 25.2. The second kappa shape index (κ2) is 9.18. The molecule has 1 unspecified atom stereocenters. The Balaban J connectivity index is 1.60. The van der Waals surface area contributed by atoms with E-state index in [4.69, 9.17) is 14.2 Å². The van der Waals surface area contributed by atoms with E-state index in [2.05, 4.69) is 15.9 Å². The van der Waals surface area contributed by atoms with Crippen molar-refractivity contribution in [3.05, 3.63) is 99.7 Å². The Morgan fingerprint density at radius 1 is 1.06 bits per heavy atom. The third kappa shape index (κ3) is 4.54. The van der Waals surface area contributed by atoms with Gasteiger partial charge in [-0.2, -0.15) is 0 Å². The van der Waals surface area contributed by atoms with Crippen LogP contribution in [0.1, 0.15) is 34.5 Å². The Bertz CT molecular complexity index is 1150. The predicted molar refractivity (Wildman–Crippen MR) is 120 cm³/mol. The molecule has 0 amide bonds. The molecule has 0 fully saturated rings. The molecule has 0 spiro atoms. The van der Waals surface area contributed by atoms with E-state index in [1.54, 1.807) is 43.3 Å². The Hall–Kier alpha value is -3.38. The molecule has 3 aromatic rings. The molecule has 1 aliphatic rings. The summed E-state index contributed by atoms with van der Waals surface area (Å²) in [6, 6.07) is 21.6. The minimum atomic E-state index is -0.924. The van der Waals surface area contributed by atoms with Crippen LogP contribution in [-0.2, 0) is 9.53 Å². The molecular formula is C25H19BrO5. The highest BCUT2D eigenvalue weighted by molar-refractivity contribution is 9.10. The van der Waals surface area contributed by atoms with Gasteiger partial charge in [0.15, 0.2) is 5.76 Å². The van der Waals surface area contributed by atoms with Crippen LogP contribution in [0.3, 0.4) is 0 Å². The maximum Gasteiger partial charge on any atom is 0.352 e. The third-order valence-electron chi connectivity index (χ3n) is 4.69. The van der Waals surface area contributed by atoms with E-state index in [9.17, 15) is 9.59 Å². The van der Waals surface area contributed by atoms with Crippen LogP contribution in [0.4, 0.5) is 0 Å². The summed E-state index contributed by atoms with van der Waals surface area (Å²) in [6.45, 7) is 1.99. The number of carbonyl (C=O) groups is 2. The Morgan fingerprint density at radius 2 is 1.81 bits per heavy atom. The zero-order chi connectivity index (χ0) is 21.8. The molecule has 156 valence electrons. The van der Waals surface area contributed by atoms with Crippen LogP contribution in [0.5, 0.6) is 11.5 Å². The lowest BCUT2D eigenvalue weighted by atomic mass is 10.1. The van der Waals surface area contributed by atoms with Gasteiger partial charge >= 0.3 is 5.97 Å². The minimum absolute atomic E-state index is 0.206. The SMILES string of the molecule is CCOC(=O)C(Oc1ccc2c(c1)O/C(=C\c1ccccc1Br)C2=O)c1ccccc1. The van der Waals surface area contributed by atoms with Crippen LogP contribution in [0, 0.1) is 0 Å². The molecule has 4 rings (SSSR count). The van der Waals surface area contributed by atoms with E-state index in [1.165, 1.54) is 0 Å². The first-order valence-electron chi connectivity index (χ1n) is 9.78. The number of ketones is 1. The molecule has 6 heteroatoms. The van der Waals surface area contributed by atoms with Gasteiger partial charge in [0.25, 0.3) is 0 Å². The van der Waals surface area contributed by atoms with Gasteiger partial charge in [-0.3, -0.25) is 4.79 Å². The molecule has 0 aliphatic carbocycles. The topological polar surface area (TPSA) is 61.8 Å². The summed E-state index contributed by atoms with van der Waals surface area (Å²) < 4.78 is 17.8. The number of hydrogen-bond acceptors (Lipinski definition) is 5. The van der Waals surface area contributed by atoms with Crippen LogP contribution in [0.25, 0.3) is 6.08 Å². The zero-order valence-corrected chi connectivity index (χ0v) is 18.3. The molecule has 0 saturated heterocycles. The number of allylic oxidation sites excluding steroid dienone is 1.